The van der Waals surface area contributed by atoms with Crippen LogP contribution in [0.5, 0.6) is 11.5 Å². The second kappa shape index (κ2) is 10.8. The number of nitrogens with one attached hydrogen (secondary N) is 1. The first kappa shape index (κ1) is 20.3. The SMILES string of the molecule is C/C=C/c1ccc(OCC(=O)NCCCN2CCN(C)CC2)c(OC)c1. The normalized spacial score (nSPS) is 16.0. The summed E-state index contributed by atoms with van der Waals surface area (Å²) >= 11 is 0. The lowest BCUT2D eigenvalue weighted by Gasteiger charge is -2.32. The molecular weight excluding hydrogens is 330 g/mol. The van der Waals surface area contributed by atoms with E-state index in [1.54, 1.807) is 7.11 Å². The van der Waals surface area contributed by atoms with Crippen LogP contribution in [0, 0.1) is 0 Å². The standard InChI is InChI=1S/C20H31N3O3/c1-4-6-17-7-8-18(19(15-17)25-3)26-16-20(24)21-9-5-10-23-13-11-22(2)12-14-23/h4,6-8,15H,5,9-14,16H2,1-3H3,(H,21,24)/b6-4+. The van der Waals surface area contributed by atoms with Crippen molar-refractivity contribution in [2.45, 2.75) is 13.3 Å². The minimum absolute atomic E-state index is 0.00612. The van der Waals surface area contributed by atoms with Gasteiger partial charge in [0.2, 0.25) is 0 Å². The first-order valence-electron chi connectivity index (χ1n) is 9.23. The number of piperazine rings is 1. The Morgan fingerprint density at radius 3 is 2.69 bits per heavy atom. The van der Waals surface area contributed by atoms with Crippen molar-refractivity contribution in [1.82, 2.24) is 15.1 Å². The predicted molar refractivity (Wildman–Crippen MR) is 105 cm³/mol. The fourth-order valence-corrected chi connectivity index (χ4v) is 2.90. The number of carbonyl (C=O) groups is 1. The molecule has 1 saturated heterocycles. The maximum absolute atomic E-state index is 12.0. The predicted octanol–water partition coefficient (Wildman–Crippen LogP) is 1.86. The van der Waals surface area contributed by atoms with Gasteiger partial charge in [0.05, 0.1) is 7.11 Å². The number of methoxy groups -OCH3 is 1. The third kappa shape index (κ3) is 6.69. The van der Waals surface area contributed by atoms with Gasteiger partial charge in [-0.15, -0.1) is 0 Å². The van der Waals surface area contributed by atoms with E-state index in [0.717, 1.165) is 44.7 Å². The average molecular weight is 361 g/mol. The van der Waals surface area contributed by atoms with Gasteiger partial charge >= 0.3 is 0 Å². The van der Waals surface area contributed by atoms with Crippen LogP contribution in [0.1, 0.15) is 18.9 Å². The molecule has 1 aliphatic rings. The quantitative estimate of drug-likeness (QED) is 0.681. The molecule has 0 aromatic heterocycles. The van der Waals surface area contributed by atoms with Crippen LogP contribution in [-0.2, 0) is 4.79 Å². The van der Waals surface area contributed by atoms with Gasteiger partial charge in [0.15, 0.2) is 18.1 Å². The van der Waals surface area contributed by atoms with Crippen LogP contribution in [0.4, 0.5) is 0 Å². The number of carbonyl (C=O) groups excluding carboxylic acids is 1. The average Bonchev–Trinajstić information content (AvgIpc) is 2.65. The van der Waals surface area contributed by atoms with Crippen molar-refractivity contribution in [2.75, 3.05) is 60.0 Å². The van der Waals surface area contributed by atoms with E-state index in [-0.39, 0.29) is 12.5 Å². The van der Waals surface area contributed by atoms with Gasteiger partial charge in [-0.05, 0) is 44.6 Å². The molecule has 0 bridgehead atoms. The highest BCUT2D eigenvalue weighted by atomic mass is 16.5. The molecule has 1 N–H and O–H groups in total. The summed E-state index contributed by atoms with van der Waals surface area (Å²) in [6.45, 7) is 8.11. The molecule has 144 valence electrons. The second-order valence-corrected chi connectivity index (χ2v) is 6.55. The molecular formula is C20H31N3O3. The largest absolute Gasteiger partial charge is 0.493 e. The Morgan fingerprint density at radius 1 is 1.23 bits per heavy atom. The van der Waals surface area contributed by atoms with E-state index in [0.29, 0.717) is 18.0 Å². The molecule has 0 atom stereocenters. The molecule has 0 spiro atoms. The molecule has 1 aromatic rings. The zero-order valence-corrected chi connectivity index (χ0v) is 16.2. The van der Waals surface area contributed by atoms with Crippen molar-refractivity contribution >= 4 is 12.0 Å². The van der Waals surface area contributed by atoms with E-state index < -0.39 is 0 Å². The van der Waals surface area contributed by atoms with Crippen LogP contribution in [0.15, 0.2) is 24.3 Å². The van der Waals surface area contributed by atoms with Crippen molar-refractivity contribution < 1.29 is 14.3 Å². The molecule has 1 aliphatic heterocycles. The lowest BCUT2D eigenvalue weighted by molar-refractivity contribution is -0.123. The number of benzene rings is 1. The Morgan fingerprint density at radius 2 is 2.00 bits per heavy atom. The minimum Gasteiger partial charge on any atom is -0.493 e. The van der Waals surface area contributed by atoms with Crippen LogP contribution in [0.2, 0.25) is 0 Å². The molecule has 0 aliphatic carbocycles. The number of rotatable bonds is 9. The van der Waals surface area contributed by atoms with Gasteiger partial charge in [0, 0.05) is 32.7 Å². The summed E-state index contributed by atoms with van der Waals surface area (Å²) < 4.78 is 10.9. The van der Waals surface area contributed by atoms with E-state index in [1.165, 1.54) is 0 Å². The van der Waals surface area contributed by atoms with Crippen LogP contribution in [0.25, 0.3) is 6.08 Å². The molecule has 26 heavy (non-hydrogen) atoms. The zero-order valence-electron chi connectivity index (χ0n) is 16.2. The van der Waals surface area contributed by atoms with E-state index >= 15 is 0 Å². The van der Waals surface area contributed by atoms with Crippen LogP contribution in [0.3, 0.4) is 0 Å². The van der Waals surface area contributed by atoms with Crippen LogP contribution < -0.4 is 14.8 Å². The number of nitrogens with zero attached hydrogens (tertiary/aromatic N) is 2. The molecule has 0 unspecified atom stereocenters. The maximum Gasteiger partial charge on any atom is 0.257 e. The maximum atomic E-state index is 12.0. The second-order valence-electron chi connectivity index (χ2n) is 6.55. The number of allylic oxidation sites excluding steroid dienone is 1. The van der Waals surface area contributed by atoms with E-state index in [9.17, 15) is 4.79 Å². The Hall–Kier alpha value is -2.05. The Labute approximate surface area is 156 Å². The molecule has 1 heterocycles. The van der Waals surface area contributed by atoms with Gasteiger partial charge < -0.3 is 24.6 Å². The van der Waals surface area contributed by atoms with E-state index in [4.69, 9.17) is 9.47 Å². The molecule has 2 rings (SSSR count). The number of ether oxygens (including phenoxy) is 2. The van der Waals surface area contributed by atoms with Gasteiger partial charge in [-0.2, -0.15) is 0 Å². The molecule has 0 saturated carbocycles. The van der Waals surface area contributed by atoms with E-state index in [1.807, 2.05) is 37.3 Å². The van der Waals surface area contributed by atoms with E-state index in [2.05, 4.69) is 22.2 Å². The smallest absolute Gasteiger partial charge is 0.257 e. The van der Waals surface area contributed by atoms with Crippen molar-refractivity contribution in [3.05, 3.63) is 29.8 Å². The first-order valence-corrected chi connectivity index (χ1v) is 9.23. The molecule has 6 heteroatoms. The zero-order chi connectivity index (χ0) is 18.8. The minimum atomic E-state index is -0.108. The van der Waals surface area contributed by atoms with Crippen LogP contribution in [-0.4, -0.2) is 75.7 Å². The fourth-order valence-electron chi connectivity index (χ4n) is 2.90. The monoisotopic (exact) mass is 361 g/mol. The number of hydrogen-bond acceptors (Lipinski definition) is 5. The highest BCUT2D eigenvalue weighted by molar-refractivity contribution is 5.77. The van der Waals surface area contributed by atoms with Gasteiger partial charge in [-0.25, -0.2) is 0 Å². The van der Waals surface area contributed by atoms with Crippen molar-refractivity contribution in [3.8, 4) is 11.5 Å². The summed E-state index contributed by atoms with van der Waals surface area (Å²) in [5.41, 5.74) is 1.03. The summed E-state index contributed by atoms with van der Waals surface area (Å²) in [6.07, 6.45) is 4.90. The highest BCUT2D eigenvalue weighted by Crippen LogP contribution is 2.28. The Kier molecular flexibility index (Phi) is 8.44. The summed E-state index contributed by atoms with van der Waals surface area (Å²) in [6, 6.07) is 5.66. The molecule has 1 aromatic carbocycles. The van der Waals surface area contributed by atoms with Crippen molar-refractivity contribution in [1.29, 1.82) is 0 Å². The third-order valence-electron chi connectivity index (χ3n) is 4.47. The van der Waals surface area contributed by atoms with Gasteiger partial charge in [0.25, 0.3) is 5.91 Å². The summed E-state index contributed by atoms with van der Waals surface area (Å²) in [5, 5.41) is 2.92. The summed E-state index contributed by atoms with van der Waals surface area (Å²) in [4.78, 5) is 16.8. The fraction of sp³-hybridized carbons (Fsp3) is 0.550. The summed E-state index contributed by atoms with van der Waals surface area (Å²) in [7, 11) is 3.75. The topological polar surface area (TPSA) is 54.0 Å². The molecule has 6 nitrogen and oxygen atoms in total. The third-order valence-corrected chi connectivity index (χ3v) is 4.47. The van der Waals surface area contributed by atoms with Crippen molar-refractivity contribution in [3.63, 3.8) is 0 Å². The Bertz CT molecular complexity index is 596. The van der Waals surface area contributed by atoms with Gasteiger partial charge in [-0.1, -0.05) is 18.2 Å². The van der Waals surface area contributed by atoms with Crippen LogP contribution >= 0.6 is 0 Å². The molecule has 0 radical (unpaired) electrons. The molecule has 1 amide bonds. The first-order chi connectivity index (χ1) is 12.6. The lowest BCUT2D eigenvalue weighted by Crippen LogP contribution is -2.45. The summed E-state index contributed by atoms with van der Waals surface area (Å²) in [5.74, 6) is 1.10. The van der Waals surface area contributed by atoms with Crippen molar-refractivity contribution in [2.24, 2.45) is 0 Å². The highest BCUT2D eigenvalue weighted by Gasteiger charge is 2.13. The van der Waals surface area contributed by atoms with Gasteiger partial charge in [0.1, 0.15) is 0 Å². The number of amides is 1. The lowest BCUT2D eigenvalue weighted by atomic mass is 10.2. The molecule has 1 fully saturated rings. The number of hydrogen-bond donors (Lipinski definition) is 1. The van der Waals surface area contributed by atoms with Gasteiger partial charge in [-0.3, -0.25) is 4.79 Å². The number of likely N-dealkylation sites (N-methyl/N-ethyl adjacent to an activating group) is 1. The Balaban J connectivity index is 1.67.